The molecule has 2 N–H and O–H groups in total. The summed E-state index contributed by atoms with van der Waals surface area (Å²) >= 11 is 12.2. The number of carbonyl (C=O) groups excluding carboxylic acids is 3. The number of aliphatic carboxylic acids is 1. The van der Waals surface area contributed by atoms with Crippen LogP contribution in [-0.4, -0.2) is 35.5 Å². The third-order valence-electron chi connectivity index (χ3n) is 4.24. The molecule has 1 saturated heterocycles. The number of imide groups is 2. The van der Waals surface area contributed by atoms with Crippen LogP contribution in [0, 0.1) is 13.8 Å². The van der Waals surface area contributed by atoms with E-state index in [1.165, 1.54) is 18.2 Å². The van der Waals surface area contributed by atoms with Crippen LogP contribution in [0.2, 0.25) is 10.0 Å². The maximum Gasteiger partial charge on any atom is 0.341 e. The number of carboxylic acid groups (broad SMARTS) is 1. The van der Waals surface area contributed by atoms with Crippen molar-refractivity contribution in [3.63, 3.8) is 0 Å². The number of benzene rings is 2. The van der Waals surface area contributed by atoms with Crippen LogP contribution in [0.1, 0.15) is 16.7 Å². The molecule has 0 radical (unpaired) electrons. The number of carbonyl (C=O) groups is 4. The van der Waals surface area contributed by atoms with Crippen LogP contribution in [0.25, 0.3) is 6.08 Å². The molecule has 0 aromatic heterocycles. The number of barbiturate groups is 1. The van der Waals surface area contributed by atoms with Gasteiger partial charge in [-0.1, -0.05) is 29.3 Å². The van der Waals surface area contributed by atoms with Crippen LogP contribution < -0.4 is 15.0 Å². The normalized spacial score (nSPS) is 15.3. The van der Waals surface area contributed by atoms with E-state index in [2.05, 4.69) is 5.32 Å². The summed E-state index contributed by atoms with van der Waals surface area (Å²) in [5, 5.41) is 10.9. The van der Waals surface area contributed by atoms with Gasteiger partial charge in [-0.25, -0.2) is 14.5 Å². The highest BCUT2D eigenvalue weighted by molar-refractivity contribution is 6.40. The molecule has 1 aliphatic heterocycles. The van der Waals surface area contributed by atoms with E-state index in [1.807, 2.05) is 19.9 Å². The molecule has 0 atom stereocenters. The van der Waals surface area contributed by atoms with Crippen LogP contribution in [0.15, 0.2) is 35.9 Å². The quantitative estimate of drug-likeness (QED) is 0.516. The summed E-state index contributed by atoms with van der Waals surface area (Å²) in [5.74, 6) is -2.93. The summed E-state index contributed by atoms with van der Waals surface area (Å²) < 4.78 is 5.04. The Labute approximate surface area is 187 Å². The lowest BCUT2D eigenvalue weighted by molar-refractivity contribution is -0.139. The number of aryl methyl sites for hydroxylation is 2. The zero-order chi connectivity index (χ0) is 22.9. The first-order valence-corrected chi connectivity index (χ1v) is 9.66. The van der Waals surface area contributed by atoms with Gasteiger partial charge in [0.15, 0.2) is 12.4 Å². The molecule has 8 nitrogen and oxygen atoms in total. The van der Waals surface area contributed by atoms with Crippen molar-refractivity contribution >= 4 is 58.8 Å². The van der Waals surface area contributed by atoms with Crippen molar-refractivity contribution in [2.24, 2.45) is 0 Å². The molecule has 1 fully saturated rings. The Balaban J connectivity index is 1.99. The van der Waals surface area contributed by atoms with E-state index in [4.69, 9.17) is 33.0 Å². The second-order valence-electron chi connectivity index (χ2n) is 6.80. The second kappa shape index (κ2) is 8.79. The first kappa shape index (κ1) is 22.3. The molecule has 0 aliphatic carbocycles. The highest BCUT2D eigenvalue weighted by Crippen LogP contribution is 2.35. The molecule has 2 aromatic carbocycles. The Hall–Kier alpha value is -3.36. The molecule has 10 heteroatoms. The van der Waals surface area contributed by atoms with Gasteiger partial charge in [-0.05, 0) is 60.9 Å². The number of carboxylic acids is 1. The van der Waals surface area contributed by atoms with Gasteiger partial charge in [-0.3, -0.25) is 14.9 Å². The number of anilines is 1. The number of nitrogens with zero attached hydrogens (tertiary/aromatic N) is 1. The first-order valence-electron chi connectivity index (χ1n) is 8.90. The Bertz CT molecular complexity index is 1120. The van der Waals surface area contributed by atoms with Crippen LogP contribution >= 0.6 is 23.2 Å². The largest absolute Gasteiger partial charge is 0.479 e. The summed E-state index contributed by atoms with van der Waals surface area (Å²) in [6.45, 7) is 3.00. The number of urea groups is 1. The fourth-order valence-electron chi connectivity index (χ4n) is 3.07. The minimum absolute atomic E-state index is 0.00786. The standard InChI is InChI=1S/C21H16Cl2N2O6/c1-10-3-11(2)5-13(4-10)25-20(29)14(19(28)24-21(25)30)6-12-7-15(22)18(16(23)8-12)31-9-17(26)27/h3-8H,9H2,1-2H3,(H,26,27)(H,24,28,30)/b14-6-. The average molecular weight is 463 g/mol. The van der Waals surface area contributed by atoms with Gasteiger partial charge in [0.25, 0.3) is 11.8 Å². The molecule has 3 rings (SSSR count). The van der Waals surface area contributed by atoms with Crippen molar-refractivity contribution in [2.75, 3.05) is 11.5 Å². The SMILES string of the molecule is Cc1cc(C)cc(N2C(=O)NC(=O)/C(=C/c3cc(Cl)c(OCC(=O)O)c(Cl)c3)C2=O)c1. The molecule has 1 aliphatic rings. The molecule has 0 unspecified atom stereocenters. The minimum Gasteiger partial charge on any atom is -0.479 e. The van der Waals surface area contributed by atoms with E-state index in [0.717, 1.165) is 16.0 Å². The third kappa shape index (κ3) is 4.87. The van der Waals surface area contributed by atoms with Crippen molar-refractivity contribution in [3.05, 3.63) is 62.6 Å². The fraction of sp³-hybridized carbons (Fsp3) is 0.143. The first-order chi connectivity index (χ1) is 14.6. The zero-order valence-electron chi connectivity index (χ0n) is 16.4. The van der Waals surface area contributed by atoms with Gasteiger partial charge in [0, 0.05) is 0 Å². The average Bonchev–Trinajstić information content (AvgIpc) is 2.63. The van der Waals surface area contributed by atoms with Crippen molar-refractivity contribution in [1.29, 1.82) is 0 Å². The molecular weight excluding hydrogens is 447 g/mol. The van der Waals surface area contributed by atoms with E-state index in [-0.39, 0.29) is 26.9 Å². The molecule has 0 saturated carbocycles. The van der Waals surface area contributed by atoms with E-state index in [1.54, 1.807) is 12.1 Å². The van der Waals surface area contributed by atoms with Gasteiger partial charge < -0.3 is 9.84 Å². The number of rotatable bonds is 5. The third-order valence-corrected chi connectivity index (χ3v) is 4.80. The number of hydrogen-bond donors (Lipinski definition) is 2. The van der Waals surface area contributed by atoms with Gasteiger partial charge in [-0.2, -0.15) is 0 Å². The summed E-state index contributed by atoms with van der Waals surface area (Å²) in [7, 11) is 0. The van der Waals surface area contributed by atoms with E-state index < -0.39 is 30.4 Å². The summed E-state index contributed by atoms with van der Waals surface area (Å²) in [6.07, 6.45) is 1.23. The zero-order valence-corrected chi connectivity index (χ0v) is 17.9. The molecule has 160 valence electrons. The van der Waals surface area contributed by atoms with Gasteiger partial charge in [0.1, 0.15) is 5.57 Å². The van der Waals surface area contributed by atoms with Gasteiger partial charge in [0.05, 0.1) is 15.7 Å². The Morgan fingerprint density at radius 2 is 1.65 bits per heavy atom. The predicted molar refractivity (Wildman–Crippen MR) is 115 cm³/mol. The maximum atomic E-state index is 13.0. The lowest BCUT2D eigenvalue weighted by atomic mass is 10.1. The topological polar surface area (TPSA) is 113 Å². The van der Waals surface area contributed by atoms with Crippen LogP contribution in [0.5, 0.6) is 5.75 Å². The Kier molecular flexibility index (Phi) is 6.33. The Morgan fingerprint density at radius 3 is 2.19 bits per heavy atom. The maximum absolute atomic E-state index is 13.0. The molecule has 0 spiro atoms. The van der Waals surface area contributed by atoms with Gasteiger partial charge >= 0.3 is 12.0 Å². The van der Waals surface area contributed by atoms with Crippen LogP contribution in [0.3, 0.4) is 0 Å². The van der Waals surface area contributed by atoms with Crippen LogP contribution in [0.4, 0.5) is 10.5 Å². The fourth-order valence-corrected chi connectivity index (χ4v) is 3.69. The number of amides is 4. The summed E-state index contributed by atoms with van der Waals surface area (Å²) in [6, 6.07) is 7.05. The van der Waals surface area contributed by atoms with E-state index in [9.17, 15) is 19.2 Å². The number of hydrogen-bond acceptors (Lipinski definition) is 5. The Morgan fingerprint density at radius 1 is 1.06 bits per heavy atom. The lowest BCUT2D eigenvalue weighted by Crippen LogP contribution is -2.54. The van der Waals surface area contributed by atoms with Crippen molar-refractivity contribution in [2.45, 2.75) is 13.8 Å². The van der Waals surface area contributed by atoms with Crippen molar-refractivity contribution in [3.8, 4) is 5.75 Å². The number of halogens is 2. The monoisotopic (exact) mass is 462 g/mol. The van der Waals surface area contributed by atoms with E-state index >= 15 is 0 Å². The number of nitrogens with one attached hydrogen (secondary N) is 1. The second-order valence-corrected chi connectivity index (χ2v) is 7.61. The molecule has 2 aromatic rings. The van der Waals surface area contributed by atoms with Crippen molar-refractivity contribution in [1.82, 2.24) is 5.32 Å². The lowest BCUT2D eigenvalue weighted by Gasteiger charge is -2.27. The summed E-state index contributed by atoms with van der Waals surface area (Å²) in [4.78, 5) is 49.3. The van der Waals surface area contributed by atoms with Crippen LogP contribution in [-0.2, 0) is 14.4 Å². The molecular formula is C21H16Cl2N2O6. The summed E-state index contributed by atoms with van der Waals surface area (Å²) in [5.41, 5.74) is 1.99. The minimum atomic E-state index is -1.21. The highest BCUT2D eigenvalue weighted by Gasteiger charge is 2.37. The molecule has 1 heterocycles. The predicted octanol–water partition coefficient (Wildman–Crippen LogP) is 3.74. The molecule has 4 amide bonds. The van der Waals surface area contributed by atoms with Gasteiger partial charge in [-0.15, -0.1) is 0 Å². The smallest absolute Gasteiger partial charge is 0.341 e. The number of ether oxygens (including phenoxy) is 1. The van der Waals surface area contributed by atoms with Gasteiger partial charge in [0.2, 0.25) is 0 Å². The van der Waals surface area contributed by atoms with E-state index in [0.29, 0.717) is 5.69 Å². The molecule has 0 bridgehead atoms. The highest BCUT2D eigenvalue weighted by atomic mass is 35.5. The van der Waals surface area contributed by atoms with Crippen molar-refractivity contribution < 1.29 is 29.0 Å². The molecule has 31 heavy (non-hydrogen) atoms.